The van der Waals surface area contributed by atoms with Crippen molar-refractivity contribution >= 4 is 11.9 Å². The molecule has 0 atom stereocenters. The van der Waals surface area contributed by atoms with Crippen molar-refractivity contribution in [3.63, 3.8) is 0 Å². The molecule has 4 N–H and O–H groups in total. The van der Waals surface area contributed by atoms with Gasteiger partial charge in [-0.25, -0.2) is 4.79 Å². The number of aromatic nitrogens is 1. The van der Waals surface area contributed by atoms with Gasteiger partial charge >= 0.3 is 6.03 Å². The Labute approximate surface area is 123 Å². The predicted octanol–water partition coefficient (Wildman–Crippen LogP) is -0.607. The SMILES string of the molecule is CN(C)C(=O)NCCNC(=O)c1cncc(C#CCN)c1. The molecular weight excluding hydrogens is 270 g/mol. The van der Waals surface area contributed by atoms with Gasteiger partial charge in [0, 0.05) is 45.1 Å². The molecule has 7 heteroatoms. The highest BCUT2D eigenvalue weighted by molar-refractivity contribution is 5.94. The maximum atomic E-state index is 11.9. The lowest BCUT2D eigenvalue weighted by Crippen LogP contribution is -2.39. The standard InChI is InChI=1S/C14H19N5O2/c1-19(2)14(21)18-7-6-17-13(20)12-8-11(4-3-5-15)9-16-10-12/h8-10H,5-7,15H2,1-2H3,(H,17,20)(H,18,21). The zero-order chi connectivity index (χ0) is 15.7. The quantitative estimate of drug-likeness (QED) is 0.508. The summed E-state index contributed by atoms with van der Waals surface area (Å²) in [7, 11) is 3.29. The summed E-state index contributed by atoms with van der Waals surface area (Å²) in [5.41, 5.74) is 6.34. The highest BCUT2D eigenvalue weighted by atomic mass is 16.2. The minimum Gasteiger partial charge on any atom is -0.350 e. The number of urea groups is 1. The monoisotopic (exact) mass is 289 g/mol. The molecule has 7 nitrogen and oxygen atoms in total. The summed E-state index contributed by atoms with van der Waals surface area (Å²) in [6.07, 6.45) is 3.03. The minimum atomic E-state index is -0.266. The third-order valence-corrected chi connectivity index (χ3v) is 2.43. The van der Waals surface area contributed by atoms with Gasteiger partial charge in [-0.2, -0.15) is 0 Å². The summed E-state index contributed by atoms with van der Waals surface area (Å²) in [6.45, 7) is 0.933. The Hall–Kier alpha value is -2.59. The van der Waals surface area contributed by atoms with E-state index in [0.29, 0.717) is 24.2 Å². The Balaban J connectivity index is 2.47. The lowest BCUT2D eigenvalue weighted by Gasteiger charge is -2.12. The summed E-state index contributed by atoms with van der Waals surface area (Å²) >= 11 is 0. The molecule has 1 heterocycles. The van der Waals surface area contributed by atoms with Crippen LogP contribution in [0.4, 0.5) is 4.79 Å². The van der Waals surface area contributed by atoms with E-state index in [2.05, 4.69) is 27.5 Å². The van der Waals surface area contributed by atoms with Crippen LogP contribution >= 0.6 is 0 Å². The lowest BCUT2D eigenvalue weighted by atomic mass is 10.2. The van der Waals surface area contributed by atoms with Gasteiger partial charge in [0.25, 0.3) is 5.91 Å². The smallest absolute Gasteiger partial charge is 0.316 e. The van der Waals surface area contributed by atoms with E-state index in [1.165, 1.54) is 11.1 Å². The number of carbonyl (C=O) groups excluding carboxylic acids is 2. The molecule has 1 aromatic rings. The molecule has 0 aliphatic carbocycles. The topological polar surface area (TPSA) is 100 Å². The average molecular weight is 289 g/mol. The third-order valence-electron chi connectivity index (χ3n) is 2.43. The summed E-state index contributed by atoms with van der Waals surface area (Å²) in [4.78, 5) is 28.6. The summed E-state index contributed by atoms with van der Waals surface area (Å²) in [5, 5.41) is 5.34. The van der Waals surface area contributed by atoms with Crippen LogP contribution in [0, 0.1) is 11.8 Å². The number of hydrogen-bond donors (Lipinski definition) is 3. The fourth-order valence-electron chi connectivity index (χ4n) is 1.39. The maximum Gasteiger partial charge on any atom is 0.316 e. The molecule has 0 bridgehead atoms. The van der Waals surface area contributed by atoms with Crippen molar-refractivity contribution in [3.05, 3.63) is 29.6 Å². The van der Waals surface area contributed by atoms with Crippen molar-refractivity contribution in [2.75, 3.05) is 33.7 Å². The van der Waals surface area contributed by atoms with Gasteiger partial charge in [0.1, 0.15) is 0 Å². The van der Waals surface area contributed by atoms with Crippen LogP contribution < -0.4 is 16.4 Å². The van der Waals surface area contributed by atoms with Crippen LogP contribution in [-0.2, 0) is 0 Å². The van der Waals surface area contributed by atoms with E-state index in [1.807, 2.05) is 0 Å². The van der Waals surface area contributed by atoms with E-state index in [1.54, 1.807) is 26.4 Å². The van der Waals surface area contributed by atoms with Crippen molar-refractivity contribution < 1.29 is 9.59 Å². The highest BCUT2D eigenvalue weighted by Gasteiger charge is 2.06. The van der Waals surface area contributed by atoms with E-state index in [0.717, 1.165) is 0 Å². The predicted molar refractivity (Wildman–Crippen MR) is 79.6 cm³/mol. The van der Waals surface area contributed by atoms with E-state index in [-0.39, 0.29) is 18.5 Å². The fourth-order valence-corrected chi connectivity index (χ4v) is 1.39. The van der Waals surface area contributed by atoms with Gasteiger partial charge in [-0.3, -0.25) is 9.78 Å². The molecule has 0 aliphatic rings. The Morgan fingerprint density at radius 1 is 1.29 bits per heavy atom. The number of nitrogens with two attached hydrogens (primary N) is 1. The van der Waals surface area contributed by atoms with Crippen molar-refractivity contribution in [3.8, 4) is 11.8 Å². The van der Waals surface area contributed by atoms with Crippen LogP contribution in [0.2, 0.25) is 0 Å². The molecule has 0 fully saturated rings. The molecule has 3 amide bonds. The van der Waals surface area contributed by atoms with Gasteiger partial charge in [-0.15, -0.1) is 0 Å². The van der Waals surface area contributed by atoms with Gasteiger partial charge in [0.2, 0.25) is 0 Å². The van der Waals surface area contributed by atoms with Gasteiger partial charge in [0.15, 0.2) is 0 Å². The number of nitrogens with zero attached hydrogens (tertiary/aromatic N) is 2. The molecular formula is C14H19N5O2. The molecule has 0 saturated heterocycles. The van der Waals surface area contributed by atoms with Crippen LogP contribution in [0.25, 0.3) is 0 Å². The van der Waals surface area contributed by atoms with Crippen LogP contribution in [0.1, 0.15) is 15.9 Å². The first-order chi connectivity index (χ1) is 10.0. The largest absolute Gasteiger partial charge is 0.350 e. The Morgan fingerprint density at radius 3 is 2.67 bits per heavy atom. The molecule has 0 aliphatic heterocycles. The second-order valence-electron chi connectivity index (χ2n) is 4.35. The summed E-state index contributed by atoms with van der Waals surface area (Å²) in [6, 6.07) is 1.44. The van der Waals surface area contributed by atoms with E-state index in [4.69, 9.17) is 5.73 Å². The molecule has 1 aromatic heterocycles. The van der Waals surface area contributed by atoms with Crippen LogP contribution in [-0.4, -0.2) is 55.6 Å². The highest BCUT2D eigenvalue weighted by Crippen LogP contribution is 2.01. The van der Waals surface area contributed by atoms with Gasteiger partial charge in [-0.05, 0) is 6.07 Å². The Kier molecular flexibility index (Phi) is 6.71. The number of carbonyl (C=O) groups is 2. The van der Waals surface area contributed by atoms with Crippen LogP contribution in [0.3, 0.4) is 0 Å². The molecule has 112 valence electrons. The fraction of sp³-hybridized carbons (Fsp3) is 0.357. The van der Waals surface area contributed by atoms with Gasteiger partial charge in [0.05, 0.1) is 12.1 Å². The molecule has 1 rings (SSSR count). The average Bonchev–Trinajstić information content (AvgIpc) is 2.49. The van der Waals surface area contributed by atoms with Crippen LogP contribution in [0.15, 0.2) is 18.5 Å². The second-order valence-corrected chi connectivity index (χ2v) is 4.35. The van der Waals surface area contributed by atoms with Gasteiger partial charge in [-0.1, -0.05) is 11.8 Å². The Bertz CT molecular complexity index is 560. The van der Waals surface area contributed by atoms with Crippen molar-refractivity contribution in [1.29, 1.82) is 0 Å². The normalized spacial score (nSPS) is 9.29. The Morgan fingerprint density at radius 2 is 2.00 bits per heavy atom. The molecule has 0 unspecified atom stereocenters. The van der Waals surface area contributed by atoms with Crippen LogP contribution in [0.5, 0.6) is 0 Å². The number of amides is 3. The van der Waals surface area contributed by atoms with E-state index < -0.39 is 0 Å². The number of hydrogen-bond acceptors (Lipinski definition) is 4. The number of rotatable bonds is 4. The molecule has 0 spiro atoms. The molecule has 0 aromatic carbocycles. The summed E-state index contributed by atoms with van der Waals surface area (Å²) < 4.78 is 0. The lowest BCUT2D eigenvalue weighted by molar-refractivity contribution is 0.0953. The van der Waals surface area contributed by atoms with E-state index in [9.17, 15) is 9.59 Å². The zero-order valence-electron chi connectivity index (χ0n) is 12.1. The number of pyridine rings is 1. The molecule has 21 heavy (non-hydrogen) atoms. The van der Waals surface area contributed by atoms with Crippen molar-refractivity contribution in [2.24, 2.45) is 5.73 Å². The maximum absolute atomic E-state index is 11.9. The van der Waals surface area contributed by atoms with E-state index >= 15 is 0 Å². The second kappa shape index (κ2) is 8.55. The third kappa shape index (κ3) is 5.93. The van der Waals surface area contributed by atoms with Gasteiger partial charge < -0.3 is 21.3 Å². The van der Waals surface area contributed by atoms with Crippen molar-refractivity contribution in [1.82, 2.24) is 20.5 Å². The first kappa shape index (κ1) is 16.5. The zero-order valence-corrected chi connectivity index (χ0v) is 12.1. The first-order valence-corrected chi connectivity index (χ1v) is 6.42. The first-order valence-electron chi connectivity index (χ1n) is 6.42. The van der Waals surface area contributed by atoms with Crippen molar-refractivity contribution in [2.45, 2.75) is 0 Å². The number of nitrogens with one attached hydrogen (secondary N) is 2. The molecule has 0 radical (unpaired) electrons. The summed E-state index contributed by atoms with van der Waals surface area (Å²) in [5.74, 6) is 5.25. The molecule has 0 saturated carbocycles. The minimum absolute atomic E-state index is 0.204.